The van der Waals surface area contributed by atoms with Crippen LogP contribution in [0.4, 0.5) is 5.69 Å². The van der Waals surface area contributed by atoms with Crippen LogP contribution in [0.15, 0.2) is 72.3 Å². The lowest BCUT2D eigenvalue weighted by Gasteiger charge is -2.27. The molecule has 0 bridgehead atoms. The molecule has 186 valence electrons. The predicted molar refractivity (Wildman–Crippen MR) is 138 cm³/mol. The largest absolute Gasteiger partial charge is 0.507 e. The third kappa shape index (κ3) is 4.17. The van der Waals surface area contributed by atoms with Crippen LogP contribution in [0.3, 0.4) is 0 Å². The third-order valence-electron chi connectivity index (χ3n) is 6.30. The number of carbonyl (C=O) groups is 2. The van der Waals surface area contributed by atoms with Crippen LogP contribution in [0.1, 0.15) is 43.5 Å². The summed E-state index contributed by atoms with van der Waals surface area (Å²) < 4.78 is 11.0. The molecule has 3 aromatic rings. The van der Waals surface area contributed by atoms with E-state index in [1.807, 2.05) is 20.8 Å². The number of carbonyl (C=O) groups excluding carboxylic acids is 2. The Bertz CT molecular complexity index is 1370. The van der Waals surface area contributed by atoms with Crippen LogP contribution in [-0.4, -0.2) is 36.1 Å². The van der Waals surface area contributed by atoms with Gasteiger partial charge in [0.05, 0.1) is 31.5 Å². The lowest BCUT2D eigenvalue weighted by molar-refractivity contribution is -0.132. The van der Waals surface area contributed by atoms with Gasteiger partial charge in [-0.15, -0.1) is 0 Å². The number of hydrogen-bond donors (Lipinski definition) is 2. The summed E-state index contributed by atoms with van der Waals surface area (Å²) in [5.41, 5.74) is 1.44. The van der Waals surface area contributed by atoms with Gasteiger partial charge in [-0.2, -0.15) is 0 Å². The van der Waals surface area contributed by atoms with Crippen molar-refractivity contribution in [3.63, 3.8) is 0 Å². The monoisotopic (exact) mass is 487 g/mol. The molecule has 1 unspecified atom stereocenters. The van der Waals surface area contributed by atoms with Gasteiger partial charge in [-0.3, -0.25) is 14.5 Å². The van der Waals surface area contributed by atoms with Crippen molar-refractivity contribution in [2.75, 3.05) is 19.1 Å². The first-order valence-corrected chi connectivity index (χ1v) is 11.5. The molecule has 1 heterocycles. The fourth-order valence-electron chi connectivity index (χ4n) is 4.53. The molecule has 7 nitrogen and oxygen atoms in total. The van der Waals surface area contributed by atoms with Crippen LogP contribution in [-0.2, 0) is 15.0 Å². The van der Waals surface area contributed by atoms with E-state index in [4.69, 9.17) is 9.47 Å². The van der Waals surface area contributed by atoms with Crippen LogP contribution < -0.4 is 14.4 Å². The second kappa shape index (κ2) is 9.41. The molecule has 4 rings (SSSR count). The number of anilines is 1. The highest BCUT2D eigenvalue weighted by Crippen LogP contribution is 2.47. The second-order valence-corrected chi connectivity index (χ2v) is 9.56. The lowest BCUT2D eigenvalue weighted by Crippen LogP contribution is -2.29. The molecule has 0 radical (unpaired) electrons. The van der Waals surface area contributed by atoms with E-state index in [-0.39, 0.29) is 28.2 Å². The summed E-state index contributed by atoms with van der Waals surface area (Å²) in [6, 6.07) is 17.3. The van der Waals surface area contributed by atoms with E-state index in [9.17, 15) is 19.8 Å². The van der Waals surface area contributed by atoms with Crippen molar-refractivity contribution in [1.29, 1.82) is 0 Å². The average molecular weight is 488 g/mol. The van der Waals surface area contributed by atoms with Crippen LogP contribution in [0.2, 0.25) is 0 Å². The van der Waals surface area contributed by atoms with Gasteiger partial charge in [0.1, 0.15) is 23.0 Å². The van der Waals surface area contributed by atoms with Crippen molar-refractivity contribution in [1.82, 2.24) is 0 Å². The number of phenolic OH excluding ortho intramolecular Hbond substituents is 1. The van der Waals surface area contributed by atoms with Gasteiger partial charge >= 0.3 is 0 Å². The molecule has 36 heavy (non-hydrogen) atoms. The van der Waals surface area contributed by atoms with Crippen LogP contribution >= 0.6 is 0 Å². The lowest BCUT2D eigenvalue weighted by atomic mass is 9.84. The molecule has 1 amide bonds. The van der Waals surface area contributed by atoms with Gasteiger partial charge in [-0.05, 0) is 41.8 Å². The van der Waals surface area contributed by atoms with Crippen molar-refractivity contribution >= 4 is 23.1 Å². The number of methoxy groups -OCH3 is 2. The minimum Gasteiger partial charge on any atom is -0.507 e. The zero-order valence-corrected chi connectivity index (χ0v) is 20.9. The van der Waals surface area contributed by atoms with E-state index < -0.39 is 17.7 Å². The summed E-state index contributed by atoms with van der Waals surface area (Å²) in [5, 5.41) is 22.1. The van der Waals surface area contributed by atoms with E-state index in [1.54, 1.807) is 67.8 Å². The summed E-state index contributed by atoms with van der Waals surface area (Å²) in [6.45, 7) is 6.04. The maximum absolute atomic E-state index is 13.4. The van der Waals surface area contributed by atoms with E-state index in [2.05, 4.69) is 0 Å². The number of phenols is 1. The Morgan fingerprint density at radius 1 is 0.889 bits per heavy atom. The number of aromatic hydroxyl groups is 1. The number of benzene rings is 3. The second-order valence-electron chi connectivity index (χ2n) is 9.56. The minimum absolute atomic E-state index is 0.0993. The SMILES string of the molecule is COc1ccccc1C1/C(=C(\O)c2ccc(OC)c(C(C)(C)C)c2)C(=O)C(=O)N1c1ccccc1O. The quantitative estimate of drug-likeness (QED) is 0.287. The number of hydrogen-bond acceptors (Lipinski definition) is 6. The van der Waals surface area contributed by atoms with Gasteiger partial charge in [0.25, 0.3) is 11.7 Å². The summed E-state index contributed by atoms with van der Waals surface area (Å²) in [6.07, 6.45) is 0. The molecule has 1 fully saturated rings. The van der Waals surface area contributed by atoms with Crippen molar-refractivity contribution in [2.45, 2.75) is 32.2 Å². The smallest absolute Gasteiger partial charge is 0.300 e. The maximum atomic E-state index is 13.4. The van der Waals surface area contributed by atoms with Gasteiger partial charge in [0, 0.05) is 16.7 Å². The van der Waals surface area contributed by atoms with Crippen molar-refractivity contribution < 1.29 is 29.3 Å². The summed E-state index contributed by atoms with van der Waals surface area (Å²) in [7, 11) is 3.06. The highest BCUT2D eigenvalue weighted by molar-refractivity contribution is 6.52. The van der Waals surface area contributed by atoms with Crippen molar-refractivity contribution in [3.8, 4) is 17.2 Å². The third-order valence-corrected chi connectivity index (χ3v) is 6.30. The Labute approximate surface area is 210 Å². The molecule has 1 saturated heterocycles. The molecule has 1 aliphatic rings. The number of para-hydroxylation sites is 3. The van der Waals surface area contributed by atoms with Gasteiger partial charge in [0.2, 0.25) is 0 Å². The Hall–Kier alpha value is -4.26. The summed E-state index contributed by atoms with van der Waals surface area (Å²) >= 11 is 0. The normalized spacial score (nSPS) is 17.4. The Morgan fingerprint density at radius 2 is 1.53 bits per heavy atom. The molecule has 1 aliphatic heterocycles. The topological polar surface area (TPSA) is 96.3 Å². The number of Topliss-reactive ketones (excluding diaryl/α,β-unsaturated/α-hetero) is 1. The fourth-order valence-corrected chi connectivity index (χ4v) is 4.53. The molecule has 1 atom stereocenters. The molecule has 0 aromatic heterocycles. The van der Waals surface area contributed by atoms with Crippen LogP contribution in [0.5, 0.6) is 17.2 Å². The number of rotatable bonds is 5. The number of ketones is 1. The number of aliphatic hydroxyl groups excluding tert-OH is 1. The van der Waals surface area contributed by atoms with E-state index in [0.717, 1.165) is 5.56 Å². The fraction of sp³-hybridized carbons (Fsp3) is 0.241. The molecule has 0 aliphatic carbocycles. The number of ether oxygens (including phenoxy) is 2. The molecular weight excluding hydrogens is 458 g/mol. The Balaban J connectivity index is 2.01. The molecule has 0 spiro atoms. The maximum Gasteiger partial charge on any atom is 0.300 e. The summed E-state index contributed by atoms with van der Waals surface area (Å²) in [5.74, 6) is -1.14. The molecule has 3 aromatic carbocycles. The first-order chi connectivity index (χ1) is 17.1. The van der Waals surface area contributed by atoms with Crippen LogP contribution in [0, 0.1) is 0 Å². The van der Waals surface area contributed by atoms with E-state index in [0.29, 0.717) is 22.6 Å². The molecule has 0 saturated carbocycles. The first kappa shape index (κ1) is 24.9. The zero-order valence-electron chi connectivity index (χ0n) is 20.9. The number of aliphatic hydroxyl groups is 1. The first-order valence-electron chi connectivity index (χ1n) is 11.5. The highest BCUT2D eigenvalue weighted by Gasteiger charge is 2.48. The van der Waals surface area contributed by atoms with E-state index >= 15 is 0 Å². The standard InChI is InChI=1S/C29H29NO6/c1-29(2,3)19-16-17(14-15-23(19)36-5)26(32)24-25(18-10-6-9-13-22(18)35-4)30(28(34)27(24)33)20-11-7-8-12-21(20)31/h6-16,25,31-32H,1-5H3/b26-24+. The van der Waals surface area contributed by atoms with Gasteiger partial charge in [0.15, 0.2) is 0 Å². The predicted octanol–water partition coefficient (Wildman–Crippen LogP) is 5.33. The highest BCUT2D eigenvalue weighted by atomic mass is 16.5. The molecule has 7 heteroatoms. The van der Waals surface area contributed by atoms with Gasteiger partial charge in [-0.1, -0.05) is 51.1 Å². The van der Waals surface area contributed by atoms with E-state index in [1.165, 1.54) is 18.1 Å². The van der Waals surface area contributed by atoms with Crippen LogP contribution in [0.25, 0.3) is 5.76 Å². The zero-order chi connectivity index (χ0) is 26.2. The Kier molecular flexibility index (Phi) is 6.50. The summed E-state index contributed by atoms with van der Waals surface area (Å²) in [4.78, 5) is 28.0. The average Bonchev–Trinajstić information content (AvgIpc) is 3.12. The van der Waals surface area contributed by atoms with Crippen molar-refractivity contribution in [3.05, 3.63) is 89.0 Å². The Morgan fingerprint density at radius 3 is 2.17 bits per heavy atom. The molecule has 2 N–H and O–H groups in total. The molecular formula is C29H29NO6. The number of amides is 1. The van der Waals surface area contributed by atoms with Gasteiger partial charge < -0.3 is 19.7 Å². The van der Waals surface area contributed by atoms with Gasteiger partial charge in [-0.25, -0.2) is 0 Å². The number of nitrogens with zero attached hydrogens (tertiary/aromatic N) is 1. The minimum atomic E-state index is -1.03. The van der Waals surface area contributed by atoms with Crippen molar-refractivity contribution in [2.24, 2.45) is 0 Å².